The molecular formula is C29H33F7N4O4S. The number of piperidine rings is 1. The summed E-state index contributed by atoms with van der Waals surface area (Å²) >= 11 is 0. The Hall–Kier alpha value is -3.40. The number of anilines is 1. The number of amides is 3. The highest BCUT2D eigenvalue weighted by molar-refractivity contribution is 7.89. The van der Waals surface area contributed by atoms with Gasteiger partial charge >= 0.3 is 18.4 Å². The van der Waals surface area contributed by atoms with E-state index in [0.29, 0.717) is 22.6 Å². The number of benzene rings is 2. The third-order valence-corrected chi connectivity index (χ3v) is 10.4. The number of hydrogen-bond acceptors (Lipinski definition) is 4. The van der Waals surface area contributed by atoms with Gasteiger partial charge in [0.2, 0.25) is 15.9 Å². The number of sulfonamides is 1. The molecule has 2 aromatic rings. The Balaban J connectivity index is 1.59. The van der Waals surface area contributed by atoms with E-state index in [1.807, 2.05) is 0 Å². The maximum absolute atomic E-state index is 13.7. The van der Waals surface area contributed by atoms with Crippen LogP contribution in [0.3, 0.4) is 0 Å². The fourth-order valence-corrected chi connectivity index (χ4v) is 6.97. The maximum atomic E-state index is 13.7. The van der Waals surface area contributed by atoms with E-state index < -0.39 is 68.9 Å². The fraction of sp³-hybridized carbons (Fsp3) is 0.517. The van der Waals surface area contributed by atoms with Crippen LogP contribution in [-0.2, 0) is 27.2 Å². The summed E-state index contributed by atoms with van der Waals surface area (Å²) in [6, 6.07) is 4.56. The van der Waals surface area contributed by atoms with Gasteiger partial charge < -0.3 is 9.80 Å². The predicted octanol–water partition coefficient (Wildman–Crippen LogP) is 5.41. The van der Waals surface area contributed by atoms with Crippen LogP contribution in [0.1, 0.15) is 42.4 Å². The molecule has 0 radical (unpaired) electrons. The average Bonchev–Trinajstić information content (AvgIpc) is 3.44. The minimum absolute atomic E-state index is 0.0131. The molecule has 0 aliphatic carbocycles. The summed E-state index contributed by atoms with van der Waals surface area (Å²) in [5.74, 6) is -1.91. The zero-order chi connectivity index (χ0) is 33.5. The molecule has 16 heteroatoms. The van der Waals surface area contributed by atoms with E-state index in [1.54, 1.807) is 0 Å². The number of urea groups is 1. The van der Waals surface area contributed by atoms with Gasteiger partial charge in [-0.25, -0.2) is 21.9 Å². The minimum Gasteiger partial charge on any atom is -0.340 e. The molecule has 0 unspecified atom stereocenters. The second-order valence-electron chi connectivity index (χ2n) is 11.3. The lowest BCUT2D eigenvalue weighted by Crippen LogP contribution is -2.48. The Morgan fingerprint density at radius 2 is 1.42 bits per heavy atom. The van der Waals surface area contributed by atoms with Crippen LogP contribution in [0.15, 0.2) is 42.5 Å². The molecule has 248 valence electrons. The van der Waals surface area contributed by atoms with Crippen molar-refractivity contribution in [2.75, 3.05) is 50.9 Å². The van der Waals surface area contributed by atoms with Crippen molar-refractivity contribution in [3.63, 3.8) is 0 Å². The Bertz CT molecular complexity index is 1480. The Morgan fingerprint density at radius 3 is 1.91 bits per heavy atom. The highest BCUT2D eigenvalue weighted by Crippen LogP contribution is 2.39. The average molecular weight is 667 g/mol. The van der Waals surface area contributed by atoms with Crippen LogP contribution >= 0.6 is 0 Å². The summed E-state index contributed by atoms with van der Waals surface area (Å²) in [6.45, 7) is 1.97. The summed E-state index contributed by atoms with van der Waals surface area (Å²) in [4.78, 5) is 30.5. The smallest absolute Gasteiger partial charge is 0.340 e. The van der Waals surface area contributed by atoms with Gasteiger partial charge in [-0.3, -0.25) is 9.69 Å². The molecule has 3 amide bonds. The van der Waals surface area contributed by atoms with Crippen LogP contribution in [0, 0.1) is 11.7 Å². The zero-order valence-corrected chi connectivity index (χ0v) is 25.5. The first-order valence-electron chi connectivity index (χ1n) is 14.2. The van der Waals surface area contributed by atoms with E-state index in [1.165, 1.54) is 47.4 Å². The highest BCUT2D eigenvalue weighted by atomic mass is 32.2. The summed E-state index contributed by atoms with van der Waals surface area (Å²) < 4.78 is 120. The molecule has 8 nitrogen and oxygen atoms in total. The van der Waals surface area contributed by atoms with E-state index in [4.69, 9.17) is 0 Å². The maximum Gasteiger partial charge on any atom is 0.416 e. The summed E-state index contributed by atoms with van der Waals surface area (Å²) in [5, 5.41) is 0. The van der Waals surface area contributed by atoms with Gasteiger partial charge in [0, 0.05) is 57.8 Å². The molecule has 0 N–H and O–H groups in total. The van der Waals surface area contributed by atoms with Crippen molar-refractivity contribution < 1.29 is 48.7 Å². The Morgan fingerprint density at radius 1 is 0.889 bits per heavy atom. The van der Waals surface area contributed by atoms with Crippen molar-refractivity contribution in [2.45, 2.75) is 44.1 Å². The number of rotatable bonds is 6. The van der Waals surface area contributed by atoms with E-state index in [2.05, 4.69) is 0 Å². The first-order chi connectivity index (χ1) is 20.8. The van der Waals surface area contributed by atoms with Crippen LogP contribution in [-0.4, -0.2) is 86.5 Å². The molecule has 2 aliphatic heterocycles. The first-order valence-corrected chi connectivity index (χ1v) is 15.8. The molecule has 2 saturated heterocycles. The fourth-order valence-electron chi connectivity index (χ4n) is 5.84. The number of nitrogens with zero attached hydrogens (tertiary/aromatic N) is 4. The molecule has 0 bridgehead atoms. The molecule has 0 spiro atoms. The number of carbonyl (C=O) groups is 2. The van der Waals surface area contributed by atoms with Crippen molar-refractivity contribution in [3.8, 4) is 0 Å². The van der Waals surface area contributed by atoms with Crippen molar-refractivity contribution in [2.24, 2.45) is 5.92 Å². The topological polar surface area (TPSA) is 81.2 Å². The van der Waals surface area contributed by atoms with Gasteiger partial charge in [-0.2, -0.15) is 26.3 Å². The normalized spacial score (nSPS) is 20.4. The summed E-state index contributed by atoms with van der Waals surface area (Å²) in [5.41, 5.74) is -3.21. The van der Waals surface area contributed by atoms with Gasteiger partial charge in [0.05, 0.1) is 22.9 Å². The van der Waals surface area contributed by atoms with Gasteiger partial charge in [-0.15, -0.1) is 0 Å². The van der Waals surface area contributed by atoms with Gasteiger partial charge in [0.15, 0.2) is 0 Å². The van der Waals surface area contributed by atoms with Crippen LogP contribution in [0.4, 0.5) is 41.2 Å². The molecule has 2 atom stereocenters. The molecule has 2 heterocycles. The number of carbonyl (C=O) groups excluding carboxylic acids is 2. The predicted molar refractivity (Wildman–Crippen MR) is 151 cm³/mol. The van der Waals surface area contributed by atoms with Crippen LogP contribution < -0.4 is 4.90 Å². The van der Waals surface area contributed by atoms with Gasteiger partial charge in [-0.1, -0.05) is 12.1 Å². The van der Waals surface area contributed by atoms with Gasteiger partial charge in [-0.05, 0) is 55.7 Å². The zero-order valence-electron chi connectivity index (χ0n) is 24.7. The van der Waals surface area contributed by atoms with Gasteiger partial charge in [0.1, 0.15) is 5.82 Å². The molecule has 0 saturated carbocycles. The number of hydrogen-bond donors (Lipinski definition) is 0. The SMILES string of the molecule is CCS(=O)(=O)N1CCC(C(=O)N2C[C@@H](N(C)C(=O)N(C)c3cc(C(F)(F)F)cc(C(F)(F)F)c3)[C@H](c3ccc(F)cc3)C2)CC1. The van der Waals surface area contributed by atoms with Crippen molar-refractivity contribution in [1.29, 1.82) is 0 Å². The number of likely N-dealkylation sites (tertiary alicyclic amines) is 1. The number of likely N-dealkylation sites (N-methyl/N-ethyl adjacent to an activating group) is 1. The van der Waals surface area contributed by atoms with Crippen molar-refractivity contribution in [3.05, 3.63) is 65.0 Å². The highest BCUT2D eigenvalue weighted by Gasteiger charge is 2.44. The molecule has 2 aromatic carbocycles. The molecule has 2 fully saturated rings. The third kappa shape index (κ3) is 7.54. The molecule has 0 aromatic heterocycles. The lowest BCUT2D eigenvalue weighted by atomic mass is 9.93. The van der Waals surface area contributed by atoms with E-state index in [9.17, 15) is 48.7 Å². The quantitative estimate of drug-likeness (QED) is 0.387. The number of halogens is 7. The minimum atomic E-state index is -5.11. The monoisotopic (exact) mass is 666 g/mol. The van der Waals surface area contributed by atoms with Crippen LogP contribution in [0.5, 0.6) is 0 Å². The molecular weight excluding hydrogens is 633 g/mol. The van der Waals surface area contributed by atoms with Crippen LogP contribution in [0.25, 0.3) is 0 Å². The second kappa shape index (κ2) is 12.8. The Labute approximate surface area is 256 Å². The van der Waals surface area contributed by atoms with E-state index >= 15 is 0 Å². The van der Waals surface area contributed by atoms with Crippen molar-refractivity contribution >= 4 is 27.6 Å². The largest absolute Gasteiger partial charge is 0.416 e. The molecule has 4 rings (SSSR count). The standard InChI is InChI=1S/C29H33F7N4O4S/c1-4-45(43,44)40-11-9-19(10-12-40)26(41)39-16-24(18-5-7-22(30)8-6-18)25(17-39)38(3)27(42)37(2)23-14-20(28(31,32)33)13-21(15-23)29(34,35)36/h5-8,13-15,19,24-25H,4,9-12,16-17H2,1-3H3/t24-,25+/m0/s1. The van der Waals surface area contributed by atoms with E-state index in [-0.39, 0.29) is 56.7 Å². The molecule has 45 heavy (non-hydrogen) atoms. The van der Waals surface area contributed by atoms with E-state index in [0.717, 1.165) is 11.9 Å². The van der Waals surface area contributed by atoms with Crippen molar-refractivity contribution in [1.82, 2.24) is 14.1 Å². The summed E-state index contributed by atoms with van der Waals surface area (Å²) in [7, 11) is -1.03. The van der Waals surface area contributed by atoms with Crippen LogP contribution in [0.2, 0.25) is 0 Å². The van der Waals surface area contributed by atoms with Gasteiger partial charge in [0.25, 0.3) is 0 Å². The third-order valence-electron chi connectivity index (χ3n) is 8.51. The lowest BCUT2D eigenvalue weighted by molar-refractivity contribution is -0.143. The first kappa shape index (κ1) is 34.5. The summed E-state index contributed by atoms with van der Waals surface area (Å²) in [6.07, 6.45) is -9.64. The number of alkyl halides is 6. The molecule has 2 aliphatic rings. The Kier molecular flexibility index (Phi) is 9.79. The second-order valence-corrected chi connectivity index (χ2v) is 13.5. The lowest BCUT2D eigenvalue weighted by Gasteiger charge is -2.33.